The van der Waals surface area contributed by atoms with E-state index in [9.17, 15) is 9.90 Å². The molecule has 0 radical (unpaired) electrons. The van der Waals surface area contributed by atoms with Gasteiger partial charge in [-0.25, -0.2) is 0 Å². The Labute approximate surface area is 121 Å². The molecule has 0 aliphatic heterocycles. The van der Waals surface area contributed by atoms with Crippen LogP contribution in [0.4, 0.5) is 5.69 Å². The fraction of sp³-hybridized carbons (Fsp3) is 0.562. The number of rotatable bonds is 10. The van der Waals surface area contributed by atoms with Gasteiger partial charge >= 0.3 is 5.97 Å². The average molecular weight is 278 g/mol. The van der Waals surface area contributed by atoms with Crippen molar-refractivity contribution in [2.75, 3.05) is 24.5 Å². The fourth-order valence-corrected chi connectivity index (χ4v) is 2.08. The van der Waals surface area contributed by atoms with Crippen LogP contribution in [0.25, 0.3) is 0 Å². The highest BCUT2D eigenvalue weighted by Crippen LogP contribution is 2.14. The topological polar surface area (TPSA) is 52.6 Å². The summed E-state index contributed by atoms with van der Waals surface area (Å²) in [5, 5.41) is 12.4. The zero-order valence-electron chi connectivity index (χ0n) is 12.5. The van der Waals surface area contributed by atoms with Gasteiger partial charge in [0.05, 0.1) is 0 Å². The number of para-hydroxylation sites is 1. The van der Waals surface area contributed by atoms with Crippen LogP contribution in [-0.4, -0.2) is 36.8 Å². The Morgan fingerprint density at radius 1 is 1.25 bits per heavy atom. The van der Waals surface area contributed by atoms with Crippen molar-refractivity contribution in [3.05, 3.63) is 30.3 Å². The summed E-state index contributed by atoms with van der Waals surface area (Å²) in [6.45, 7) is 6.30. The van der Waals surface area contributed by atoms with Crippen LogP contribution in [0.15, 0.2) is 30.3 Å². The van der Waals surface area contributed by atoms with Crippen LogP contribution < -0.4 is 10.2 Å². The molecular formula is C16H26N2O2. The van der Waals surface area contributed by atoms with Gasteiger partial charge in [0, 0.05) is 18.8 Å². The third-order valence-electron chi connectivity index (χ3n) is 3.24. The molecule has 0 fully saturated rings. The summed E-state index contributed by atoms with van der Waals surface area (Å²) in [6.07, 6.45) is 3.10. The molecule has 0 aromatic heterocycles. The highest BCUT2D eigenvalue weighted by molar-refractivity contribution is 5.74. The third kappa shape index (κ3) is 5.61. The van der Waals surface area contributed by atoms with Crippen LogP contribution in [0, 0.1) is 0 Å². The van der Waals surface area contributed by atoms with E-state index in [1.54, 1.807) is 0 Å². The van der Waals surface area contributed by atoms with Gasteiger partial charge < -0.3 is 15.3 Å². The zero-order valence-corrected chi connectivity index (χ0v) is 12.5. The number of carbonyl (C=O) groups is 1. The van der Waals surface area contributed by atoms with Crippen molar-refractivity contribution in [1.29, 1.82) is 0 Å². The summed E-state index contributed by atoms with van der Waals surface area (Å²) >= 11 is 0. The van der Waals surface area contributed by atoms with E-state index < -0.39 is 12.0 Å². The predicted octanol–water partition coefficient (Wildman–Crippen LogP) is 2.75. The second-order valence-corrected chi connectivity index (χ2v) is 4.98. The number of nitrogens with one attached hydrogen (secondary N) is 1. The van der Waals surface area contributed by atoms with Crippen LogP contribution >= 0.6 is 0 Å². The largest absolute Gasteiger partial charge is 0.480 e. The lowest BCUT2D eigenvalue weighted by atomic mass is 10.2. The molecule has 2 N–H and O–H groups in total. The third-order valence-corrected chi connectivity index (χ3v) is 3.24. The summed E-state index contributed by atoms with van der Waals surface area (Å²) in [4.78, 5) is 13.5. The average Bonchev–Trinajstić information content (AvgIpc) is 2.47. The van der Waals surface area contributed by atoms with Crippen molar-refractivity contribution in [2.45, 2.75) is 39.2 Å². The maximum atomic E-state index is 11.4. The Bertz CT molecular complexity index is 381. The summed E-state index contributed by atoms with van der Waals surface area (Å²) in [5.74, 6) is -0.782. The van der Waals surface area contributed by atoms with Gasteiger partial charge in [0.25, 0.3) is 0 Å². The molecule has 0 heterocycles. The van der Waals surface area contributed by atoms with Crippen LogP contribution in [0.1, 0.15) is 33.1 Å². The molecule has 0 bridgehead atoms. The minimum Gasteiger partial charge on any atom is -0.480 e. The zero-order chi connectivity index (χ0) is 14.8. The van der Waals surface area contributed by atoms with Gasteiger partial charge in [-0.2, -0.15) is 0 Å². The Hall–Kier alpha value is -1.55. The van der Waals surface area contributed by atoms with Gasteiger partial charge in [0.15, 0.2) is 0 Å². The first kappa shape index (κ1) is 16.5. The molecule has 0 spiro atoms. The molecule has 4 heteroatoms. The smallest absolute Gasteiger partial charge is 0.322 e. The van der Waals surface area contributed by atoms with Gasteiger partial charge in [-0.1, -0.05) is 38.5 Å². The van der Waals surface area contributed by atoms with Crippen molar-refractivity contribution >= 4 is 11.7 Å². The monoisotopic (exact) mass is 278 g/mol. The van der Waals surface area contributed by atoms with Crippen molar-refractivity contribution in [3.8, 4) is 0 Å². The van der Waals surface area contributed by atoms with Crippen LogP contribution in [-0.2, 0) is 4.79 Å². The molecule has 112 valence electrons. The van der Waals surface area contributed by atoms with Gasteiger partial charge in [-0.15, -0.1) is 0 Å². The standard InChI is InChI=1S/C16H26N2O2/c1-3-5-12-18(14-9-7-6-8-10-14)13-15(16(19)20)17-11-4-2/h6-10,15,17H,3-5,11-13H2,1-2H3,(H,19,20). The molecular weight excluding hydrogens is 252 g/mol. The van der Waals surface area contributed by atoms with Crippen LogP contribution in [0.3, 0.4) is 0 Å². The number of carboxylic acid groups (broad SMARTS) is 1. The van der Waals surface area contributed by atoms with Gasteiger partial charge in [-0.05, 0) is 31.5 Å². The van der Waals surface area contributed by atoms with E-state index in [0.29, 0.717) is 6.54 Å². The minimum absolute atomic E-state index is 0.499. The second kappa shape index (κ2) is 9.37. The van der Waals surface area contributed by atoms with Crippen LogP contribution in [0.2, 0.25) is 0 Å². The van der Waals surface area contributed by atoms with E-state index in [0.717, 1.165) is 38.0 Å². The van der Waals surface area contributed by atoms with Crippen molar-refractivity contribution in [1.82, 2.24) is 5.32 Å². The molecule has 1 unspecified atom stereocenters. The minimum atomic E-state index is -0.782. The first-order valence-corrected chi connectivity index (χ1v) is 7.45. The number of nitrogens with zero attached hydrogens (tertiary/aromatic N) is 1. The van der Waals surface area contributed by atoms with Gasteiger partial charge in [-0.3, -0.25) is 4.79 Å². The molecule has 0 saturated carbocycles. The second-order valence-electron chi connectivity index (χ2n) is 4.98. The van der Waals surface area contributed by atoms with E-state index in [2.05, 4.69) is 17.1 Å². The Kier molecular flexibility index (Phi) is 7.73. The van der Waals surface area contributed by atoms with Crippen molar-refractivity contribution < 1.29 is 9.90 Å². The van der Waals surface area contributed by atoms with Gasteiger partial charge in [0.1, 0.15) is 6.04 Å². The molecule has 1 rings (SSSR count). The number of hydrogen-bond acceptors (Lipinski definition) is 3. The van der Waals surface area contributed by atoms with Crippen molar-refractivity contribution in [3.63, 3.8) is 0 Å². The lowest BCUT2D eigenvalue weighted by Gasteiger charge is -2.28. The number of benzene rings is 1. The van der Waals surface area contributed by atoms with E-state index in [1.165, 1.54) is 0 Å². The lowest BCUT2D eigenvalue weighted by molar-refractivity contribution is -0.139. The number of aliphatic carboxylic acids is 1. The SMILES string of the molecule is CCCCN(CC(NCCC)C(=O)O)c1ccccc1. The molecule has 0 amide bonds. The Morgan fingerprint density at radius 2 is 1.95 bits per heavy atom. The molecule has 1 aromatic carbocycles. The maximum Gasteiger partial charge on any atom is 0.322 e. The normalized spacial score (nSPS) is 12.1. The molecule has 4 nitrogen and oxygen atoms in total. The van der Waals surface area contributed by atoms with Gasteiger partial charge in [0.2, 0.25) is 0 Å². The van der Waals surface area contributed by atoms with Crippen molar-refractivity contribution in [2.24, 2.45) is 0 Å². The van der Waals surface area contributed by atoms with Crippen LogP contribution in [0.5, 0.6) is 0 Å². The number of hydrogen-bond donors (Lipinski definition) is 2. The maximum absolute atomic E-state index is 11.4. The molecule has 20 heavy (non-hydrogen) atoms. The molecule has 1 aromatic rings. The van der Waals surface area contributed by atoms with E-state index >= 15 is 0 Å². The first-order chi connectivity index (χ1) is 9.69. The quantitative estimate of drug-likeness (QED) is 0.691. The molecule has 1 atom stereocenters. The highest BCUT2D eigenvalue weighted by atomic mass is 16.4. The van der Waals surface area contributed by atoms with E-state index in [-0.39, 0.29) is 0 Å². The Balaban J connectivity index is 2.74. The predicted molar refractivity (Wildman–Crippen MR) is 83.3 cm³/mol. The van der Waals surface area contributed by atoms with E-state index in [4.69, 9.17) is 0 Å². The lowest BCUT2D eigenvalue weighted by Crippen LogP contribution is -2.46. The summed E-state index contributed by atoms with van der Waals surface area (Å²) in [6, 6.07) is 9.51. The Morgan fingerprint density at radius 3 is 2.50 bits per heavy atom. The summed E-state index contributed by atoms with van der Waals surface area (Å²) < 4.78 is 0. The fourth-order valence-electron chi connectivity index (χ4n) is 2.08. The summed E-state index contributed by atoms with van der Waals surface area (Å²) in [5.41, 5.74) is 1.09. The molecule has 0 saturated heterocycles. The highest BCUT2D eigenvalue weighted by Gasteiger charge is 2.20. The van der Waals surface area contributed by atoms with E-state index in [1.807, 2.05) is 37.3 Å². The number of unbranched alkanes of at least 4 members (excludes halogenated alkanes) is 1. The summed E-state index contributed by atoms with van der Waals surface area (Å²) in [7, 11) is 0. The molecule has 0 aliphatic rings. The molecule has 0 aliphatic carbocycles. The number of anilines is 1. The first-order valence-electron chi connectivity index (χ1n) is 7.45. The number of carboxylic acids is 1.